The monoisotopic (exact) mass is 426 g/mol. The van der Waals surface area contributed by atoms with Crippen LogP contribution in [0.15, 0.2) is 53.5 Å². The Labute approximate surface area is 181 Å². The second-order valence-corrected chi connectivity index (χ2v) is 7.76. The molecule has 0 bridgehead atoms. The summed E-state index contributed by atoms with van der Waals surface area (Å²) in [6.07, 6.45) is 2.19. The predicted molar refractivity (Wildman–Crippen MR) is 118 cm³/mol. The molecule has 0 radical (unpaired) electrons. The minimum atomic E-state index is -0.964. The van der Waals surface area contributed by atoms with E-state index in [4.69, 9.17) is 9.73 Å². The van der Waals surface area contributed by atoms with Crippen molar-refractivity contribution in [1.82, 2.24) is 4.90 Å². The van der Waals surface area contributed by atoms with Crippen molar-refractivity contribution in [2.75, 3.05) is 49.5 Å². The first-order valence-corrected chi connectivity index (χ1v) is 10.6. The van der Waals surface area contributed by atoms with Crippen molar-refractivity contribution in [3.8, 4) is 0 Å². The van der Waals surface area contributed by atoms with E-state index >= 15 is 0 Å². The molecule has 0 saturated carbocycles. The molecule has 31 heavy (non-hydrogen) atoms. The number of benzene rings is 2. The third-order valence-corrected chi connectivity index (χ3v) is 5.61. The van der Waals surface area contributed by atoms with Crippen molar-refractivity contribution in [2.24, 2.45) is 4.99 Å². The summed E-state index contributed by atoms with van der Waals surface area (Å²) in [6.45, 7) is 4.39. The van der Waals surface area contributed by atoms with Crippen molar-refractivity contribution in [1.29, 1.82) is 0 Å². The smallest absolute Gasteiger partial charge is 0.335 e. The van der Waals surface area contributed by atoms with Gasteiger partial charge in [-0.05, 0) is 55.3 Å². The number of guanidine groups is 1. The van der Waals surface area contributed by atoms with Crippen LogP contribution in [-0.4, -0.2) is 67.4 Å². The number of halogens is 1. The first kappa shape index (κ1) is 21.1. The predicted octanol–water partition coefficient (Wildman–Crippen LogP) is 3.29. The summed E-state index contributed by atoms with van der Waals surface area (Å²) in [4.78, 5) is 20.5. The number of nitrogens with one attached hydrogen (secondary N) is 1. The Morgan fingerprint density at radius 2 is 1.94 bits per heavy atom. The van der Waals surface area contributed by atoms with Gasteiger partial charge >= 0.3 is 5.97 Å². The minimum absolute atomic E-state index is 0.127. The molecule has 2 N–H and O–H groups in total. The van der Waals surface area contributed by atoms with Crippen molar-refractivity contribution >= 4 is 23.3 Å². The molecule has 0 aromatic heterocycles. The van der Waals surface area contributed by atoms with Crippen LogP contribution in [0.1, 0.15) is 23.2 Å². The Balaban J connectivity index is 1.46. The zero-order valence-corrected chi connectivity index (χ0v) is 17.3. The van der Waals surface area contributed by atoms with Gasteiger partial charge in [-0.1, -0.05) is 6.07 Å². The largest absolute Gasteiger partial charge is 0.478 e. The van der Waals surface area contributed by atoms with Crippen LogP contribution in [0.4, 0.5) is 15.8 Å². The average molecular weight is 426 g/mol. The number of aromatic carboxylic acids is 1. The summed E-state index contributed by atoms with van der Waals surface area (Å²) in [5, 5.41) is 12.6. The van der Waals surface area contributed by atoms with Crippen molar-refractivity contribution in [3.05, 3.63) is 59.9 Å². The molecule has 2 aliphatic rings. The lowest BCUT2D eigenvalue weighted by Gasteiger charge is -2.38. The normalized spacial score (nSPS) is 19.5. The molecule has 164 valence electrons. The molecular weight excluding hydrogens is 399 g/mol. The van der Waals surface area contributed by atoms with Gasteiger partial charge in [-0.3, -0.25) is 4.99 Å². The van der Waals surface area contributed by atoms with Crippen molar-refractivity contribution in [2.45, 2.75) is 18.9 Å². The highest BCUT2D eigenvalue weighted by Gasteiger charge is 2.22. The fraction of sp³-hybridized carbons (Fsp3) is 0.391. The second kappa shape index (κ2) is 9.78. The van der Waals surface area contributed by atoms with Crippen LogP contribution in [0.25, 0.3) is 0 Å². The van der Waals surface area contributed by atoms with Crippen LogP contribution >= 0.6 is 0 Å². The number of ether oxygens (including phenoxy) is 1. The number of nitrogens with zero attached hydrogens (tertiary/aromatic N) is 3. The van der Waals surface area contributed by atoms with Crippen LogP contribution in [0, 0.1) is 5.82 Å². The fourth-order valence-corrected chi connectivity index (χ4v) is 3.88. The summed E-state index contributed by atoms with van der Waals surface area (Å²) >= 11 is 0. The van der Waals surface area contributed by atoms with Gasteiger partial charge in [-0.25, -0.2) is 9.18 Å². The molecule has 2 fully saturated rings. The van der Waals surface area contributed by atoms with Crippen LogP contribution in [-0.2, 0) is 4.74 Å². The highest BCUT2D eigenvalue weighted by atomic mass is 19.1. The second-order valence-electron chi connectivity index (χ2n) is 7.76. The SMILES string of the molecule is O=C(O)c1cccc(NC(=NC[C@H]2CCCO2)N2CCN(c3ccc(F)cc3)CC2)c1. The van der Waals surface area contributed by atoms with Crippen LogP contribution in [0.2, 0.25) is 0 Å². The lowest BCUT2D eigenvalue weighted by Crippen LogP contribution is -2.51. The van der Waals surface area contributed by atoms with Crippen LogP contribution in [0.5, 0.6) is 0 Å². The third-order valence-electron chi connectivity index (χ3n) is 5.61. The molecule has 7 nitrogen and oxygen atoms in total. The molecule has 0 amide bonds. The molecule has 8 heteroatoms. The maximum atomic E-state index is 13.2. The molecular formula is C23H27FN4O3. The molecule has 0 aliphatic carbocycles. The Bertz CT molecular complexity index is 921. The van der Waals surface area contributed by atoms with Gasteiger partial charge in [0.1, 0.15) is 5.82 Å². The highest BCUT2D eigenvalue weighted by molar-refractivity contribution is 5.96. The molecule has 0 unspecified atom stereocenters. The Morgan fingerprint density at radius 1 is 1.16 bits per heavy atom. The first-order chi connectivity index (χ1) is 15.1. The molecule has 1 atom stereocenters. The van der Waals surface area contributed by atoms with E-state index in [9.17, 15) is 14.3 Å². The Kier molecular flexibility index (Phi) is 6.66. The number of rotatable bonds is 5. The number of carbonyl (C=O) groups is 1. The number of carboxylic acids is 1. The van der Waals surface area contributed by atoms with E-state index in [-0.39, 0.29) is 17.5 Å². The van der Waals surface area contributed by atoms with Gasteiger partial charge in [0.15, 0.2) is 5.96 Å². The summed E-state index contributed by atoms with van der Waals surface area (Å²) in [6, 6.07) is 13.3. The number of carboxylic acid groups (broad SMARTS) is 1. The van der Waals surface area contributed by atoms with E-state index in [1.54, 1.807) is 30.3 Å². The first-order valence-electron chi connectivity index (χ1n) is 10.6. The van der Waals surface area contributed by atoms with Gasteiger partial charge in [0, 0.05) is 44.2 Å². The third kappa shape index (κ3) is 5.52. The zero-order valence-electron chi connectivity index (χ0n) is 17.3. The van der Waals surface area contributed by atoms with Gasteiger partial charge in [-0.15, -0.1) is 0 Å². The maximum absolute atomic E-state index is 13.2. The molecule has 2 saturated heterocycles. The van der Waals surface area contributed by atoms with E-state index in [2.05, 4.69) is 15.1 Å². The molecule has 2 aromatic carbocycles. The fourth-order valence-electron chi connectivity index (χ4n) is 3.88. The molecule has 2 aromatic rings. The molecule has 4 rings (SSSR count). The van der Waals surface area contributed by atoms with E-state index in [0.717, 1.165) is 57.3 Å². The lowest BCUT2D eigenvalue weighted by molar-refractivity contribution is 0.0697. The summed E-state index contributed by atoms with van der Waals surface area (Å²) in [5.74, 6) is -0.482. The quantitative estimate of drug-likeness (QED) is 0.564. The summed E-state index contributed by atoms with van der Waals surface area (Å²) < 4.78 is 18.9. The molecule has 0 spiro atoms. The van der Waals surface area contributed by atoms with Crippen LogP contribution in [0.3, 0.4) is 0 Å². The van der Waals surface area contributed by atoms with E-state index in [1.807, 2.05) is 6.07 Å². The van der Waals surface area contributed by atoms with Gasteiger partial charge < -0.3 is 25.0 Å². The number of piperazine rings is 1. The Morgan fingerprint density at radius 3 is 2.61 bits per heavy atom. The maximum Gasteiger partial charge on any atom is 0.335 e. The van der Waals surface area contributed by atoms with Gasteiger partial charge in [0.2, 0.25) is 0 Å². The minimum Gasteiger partial charge on any atom is -0.478 e. The summed E-state index contributed by atoms with van der Waals surface area (Å²) in [5.41, 5.74) is 1.91. The number of aliphatic imine (C=N–C) groups is 1. The van der Waals surface area contributed by atoms with E-state index < -0.39 is 5.97 Å². The average Bonchev–Trinajstić information content (AvgIpc) is 3.31. The van der Waals surface area contributed by atoms with Gasteiger partial charge in [-0.2, -0.15) is 0 Å². The lowest BCUT2D eigenvalue weighted by atomic mass is 10.2. The van der Waals surface area contributed by atoms with Crippen LogP contribution < -0.4 is 10.2 Å². The number of hydrogen-bond donors (Lipinski definition) is 2. The highest BCUT2D eigenvalue weighted by Crippen LogP contribution is 2.19. The number of anilines is 2. The molecule has 2 aliphatic heterocycles. The number of hydrogen-bond acceptors (Lipinski definition) is 4. The Hall–Kier alpha value is -3.13. The van der Waals surface area contributed by atoms with E-state index in [0.29, 0.717) is 12.2 Å². The van der Waals surface area contributed by atoms with Crippen molar-refractivity contribution < 1.29 is 19.0 Å². The molecule has 2 heterocycles. The van der Waals surface area contributed by atoms with E-state index in [1.165, 1.54) is 12.1 Å². The topological polar surface area (TPSA) is 77.4 Å². The zero-order chi connectivity index (χ0) is 21.6. The summed E-state index contributed by atoms with van der Waals surface area (Å²) in [7, 11) is 0. The standard InChI is InChI=1S/C23H27FN4O3/c24-18-6-8-20(9-7-18)27-10-12-28(13-11-27)23(25-16-21-5-2-14-31-21)26-19-4-1-3-17(15-19)22(29)30/h1,3-4,6-9,15,21H,2,5,10-14,16H2,(H,25,26)(H,29,30)/t21-/m1/s1. The van der Waals surface area contributed by atoms with Gasteiger partial charge in [0.05, 0.1) is 18.2 Å². The van der Waals surface area contributed by atoms with Gasteiger partial charge in [0.25, 0.3) is 0 Å². The van der Waals surface area contributed by atoms with Crippen molar-refractivity contribution in [3.63, 3.8) is 0 Å².